The molecule has 23 heavy (non-hydrogen) atoms. The zero-order valence-electron chi connectivity index (χ0n) is 12.9. The highest BCUT2D eigenvalue weighted by Crippen LogP contribution is 2.27. The number of benzene rings is 1. The van der Waals surface area contributed by atoms with Gasteiger partial charge in [-0.1, -0.05) is 30.3 Å². The van der Waals surface area contributed by atoms with Gasteiger partial charge in [0.2, 0.25) is 11.9 Å². The average molecular weight is 311 g/mol. The Hall–Kier alpha value is -2.47. The summed E-state index contributed by atoms with van der Waals surface area (Å²) >= 11 is 0. The van der Waals surface area contributed by atoms with Gasteiger partial charge in [-0.15, -0.1) is 0 Å². The van der Waals surface area contributed by atoms with E-state index < -0.39 is 6.04 Å². The Bertz CT molecular complexity index is 676. The van der Waals surface area contributed by atoms with Crippen LogP contribution in [0.4, 0.5) is 5.95 Å². The molecule has 3 rings (SSSR count). The third kappa shape index (κ3) is 3.48. The lowest BCUT2D eigenvalue weighted by molar-refractivity contribution is -0.134. The molecule has 0 saturated carbocycles. The number of nitrogens with zero attached hydrogens (tertiary/aromatic N) is 3. The van der Waals surface area contributed by atoms with Gasteiger partial charge in [-0.3, -0.25) is 4.79 Å². The molecule has 1 aliphatic rings. The van der Waals surface area contributed by atoms with Crippen LogP contribution in [0.2, 0.25) is 0 Å². The summed E-state index contributed by atoms with van der Waals surface area (Å²) in [7, 11) is 0. The smallest absolute Gasteiger partial charge is 0.244 e. The first-order valence-electron chi connectivity index (χ1n) is 7.83. The number of nitrogens with two attached hydrogens (primary N) is 2. The Kier molecular flexibility index (Phi) is 4.52. The maximum Gasteiger partial charge on any atom is 0.244 e. The van der Waals surface area contributed by atoms with Crippen molar-refractivity contribution in [2.24, 2.45) is 5.73 Å². The van der Waals surface area contributed by atoms with Crippen LogP contribution in [0.25, 0.3) is 0 Å². The second-order valence-corrected chi connectivity index (χ2v) is 5.85. The van der Waals surface area contributed by atoms with E-state index in [0.29, 0.717) is 6.54 Å². The first-order chi connectivity index (χ1) is 11.1. The Morgan fingerprint density at radius 2 is 2.04 bits per heavy atom. The third-order valence-corrected chi connectivity index (χ3v) is 4.27. The van der Waals surface area contributed by atoms with E-state index in [1.54, 1.807) is 6.20 Å². The Labute approximate surface area is 135 Å². The van der Waals surface area contributed by atoms with Gasteiger partial charge in [0.15, 0.2) is 0 Å². The molecule has 1 aromatic carbocycles. The molecule has 1 aromatic heterocycles. The van der Waals surface area contributed by atoms with Gasteiger partial charge in [-0.25, -0.2) is 9.97 Å². The van der Waals surface area contributed by atoms with Crippen molar-refractivity contribution >= 4 is 11.9 Å². The molecule has 2 atom stereocenters. The summed E-state index contributed by atoms with van der Waals surface area (Å²) in [6, 6.07) is 10.7. The van der Waals surface area contributed by atoms with E-state index in [1.165, 1.54) is 0 Å². The number of likely N-dealkylation sites (tertiary alicyclic amines) is 1. The number of rotatable bonds is 3. The van der Waals surface area contributed by atoms with Gasteiger partial charge in [-0.2, -0.15) is 0 Å². The van der Waals surface area contributed by atoms with Gasteiger partial charge in [-0.05, 0) is 24.5 Å². The van der Waals surface area contributed by atoms with Crippen LogP contribution in [0, 0.1) is 0 Å². The van der Waals surface area contributed by atoms with Crippen LogP contribution in [-0.4, -0.2) is 33.9 Å². The molecular weight excluding hydrogens is 290 g/mol. The van der Waals surface area contributed by atoms with Crippen LogP contribution in [-0.2, 0) is 4.79 Å². The van der Waals surface area contributed by atoms with Crippen LogP contribution >= 0.6 is 0 Å². The predicted octanol–water partition coefficient (Wildman–Crippen LogP) is 1.46. The number of hydrogen-bond donors (Lipinski definition) is 2. The van der Waals surface area contributed by atoms with E-state index in [2.05, 4.69) is 9.97 Å². The van der Waals surface area contributed by atoms with Crippen LogP contribution in [0.15, 0.2) is 42.6 Å². The topological polar surface area (TPSA) is 98.1 Å². The number of nitrogen functional groups attached to an aromatic ring is 1. The van der Waals surface area contributed by atoms with Crippen LogP contribution in [0.1, 0.15) is 36.1 Å². The van der Waals surface area contributed by atoms with Gasteiger partial charge in [0.25, 0.3) is 0 Å². The second-order valence-electron chi connectivity index (χ2n) is 5.85. The number of hydrogen-bond acceptors (Lipinski definition) is 5. The summed E-state index contributed by atoms with van der Waals surface area (Å²) in [5.41, 5.74) is 13.5. The minimum atomic E-state index is -0.620. The molecule has 0 spiro atoms. The number of carbonyl (C=O) groups is 1. The van der Waals surface area contributed by atoms with E-state index in [0.717, 1.165) is 30.6 Å². The molecule has 0 aliphatic carbocycles. The first-order valence-corrected chi connectivity index (χ1v) is 7.83. The van der Waals surface area contributed by atoms with Gasteiger partial charge in [0.1, 0.15) is 6.04 Å². The maximum atomic E-state index is 12.7. The summed E-state index contributed by atoms with van der Waals surface area (Å²) in [4.78, 5) is 22.7. The fourth-order valence-electron chi connectivity index (χ4n) is 3.03. The van der Waals surface area contributed by atoms with Crippen LogP contribution < -0.4 is 11.5 Å². The van der Waals surface area contributed by atoms with Crippen molar-refractivity contribution in [3.8, 4) is 0 Å². The molecule has 6 nitrogen and oxygen atoms in total. The molecule has 2 aromatic rings. The van der Waals surface area contributed by atoms with Gasteiger partial charge in [0, 0.05) is 25.2 Å². The molecule has 0 radical (unpaired) electrons. The van der Waals surface area contributed by atoms with Crippen LogP contribution in [0.3, 0.4) is 0 Å². The minimum absolute atomic E-state index is 0.0390. The van der Waals surface area contributed by atoms with Crippen molar-refractivity contribution in [1.29, 1.82) is 0 Å². The molecule has 1 aliphatic heterocycles. The SMILES string of the molecule is Nc1nccc(C2CCCN(C(=O)C(N)c3ccccc3)C2)n1. The minimum Gasteiger partial charge on any atom is -0.368 e. The number of aromatic nitrogens is 2. The van der Waals surface area contributed by atoms with Crippen molar-refractivity contribution in [3.05, 3.63) is 53.9 Å². The van der Waals surface area contributed by atoms with Crippen molar-refractivity contribution in [2.75, 3.05) is 18.8 Å². The van der Waals surface area contributed by atoms with Gasteiger partial charge >= 0.3 is 0 Å². The fraction of sp³-hybridized carbons (Fsp3) is 0.353. The Morgan fingerprint density at radius 3 is 2.78 bits per heavy atom. The van der Waals surface area contributed by atoms with Gasteiger partial charge < -0.3 is 16.4 Å². The number of anilines is 1. The Balaban J connectivity index is 1.72. The number of amides is 1. The molecule has 120 valence electrons. The molecule has 2 unspecified atom stereocenters. The van der Waals surface area contributed by atoms with E-state index in [1.807, 2.05) is 41.3 Å². The monoisotopic (exact) mass is 311 g/mol. The highest BCUT2D eigenvalue weighted by molar-refractivity contribution is 5.83. The van der Waals surface area contributed by atoms with Crippen molar-refractivity contribution < 1.29 is 4.79 Å². The van der Waals surface area contributed by atoms with Crippen LogP contribution in [0.5, 0.6) is 0 Å². The quantitative estimate of drug-likeness (QED) is 0.894. The number of piperidine rings is 1. The van der Waals surface area contributed by atoms with Crippen molar-refractivity contribution in [3.63, 3.8) is 0 Å². The summed E-state index contributed by atoms with van der Waals surface area (Å²) < 4.78 is 0. The lowest BCUT2D eigenvalue weighted by atomic mass is 9.93. The van der Waals surface area contributed by atoms with E-state index >= 15 is 0 Å². The maximum absolute atomic E-state index is 12.7. The van der Waals surface area contributed by atoms with Crippen molar-refractivity contribution in [1.82, 2.24) is 14.9 Å². The summed E-state index contributed by atoms with van der Waals surface area (Å²) in [5.74, 6) is 0.413. The first kappa shape index (κ1) is 15.4. The highest BCUT2D eigenvalue weighted by atomic mass is 16.2. The molecule has 1 saturated heterocycles. The summed E-state index contributed by atoms with van der Waals surface area (Å²) in [6.45, 7) is 1.35. The Morgan fingerprint density at radius 1 is 1.26 bits per heavy atom. The highest BCUT2D eigenvalue weighted by Gasteiger charge is 2.29. The molecular formula is C17H21N5O. The van der Waals surface area contributed by atoms with E-state index in [9.17, 15) is 4.79 Å². The lowest BCUT2D eigenvalue weighted by Crippen LogP contribution is -2.44. The van der Waals surface area contributed by atoms with Gasteiger partial charge in [0.05, 0.1) is 5.69 Å². The van der Waals surface area contributed by atoms with E-state index in [4.69, 9.17) is 11.5 Å². The molecule has 6 heteroatoms. The molecule has 4 N–H and O–H groups in total. The predicted molar refractivity (Wildman–Crippen MR) is 88.4 cm³/mol. The summed E-state index contributed by atoms with van der Waals surface area (Å²) in [6.07, 6.45) is 3.58. The zero-order chi connectivity index (χ0) is 16.2. The van der Waals surface area contributed by atoms with Crippen molar-refractivity contribution in [2.45, 2.75) is 24.8 Å². The lowest BCUT2D eigenvalue weighted by Gasteiger charge is -2.34. The number of carbonyl (C=O) groups excluding carboxylic acids is 1. The molecule has 1 fully saturated rings. The molecule has 2 heterocycles. The largest absolute Gasteiger partial charge is 0.368 e. The normalized spacial score (nSPS) is 19.3. The fourth-order valence-corrected chi connectivity index (χ4v) is 3.03. The average Bonchev–Trinajstić information content (AvgIpc) is 2.61. The zero-order valence-corrected chi connectivity index (χ0v) is 12.9. The molecule has 1 amide bonds. The second kappa shape index (κ2) is 6.75. The standard InChI is InChI=1S/C17H21N5O/c18-15(12-5-2-1-3-6-12)16(23)22-10-4-7-13(11-22)14-8-9-20-17(19)21-14/h1-3,5-6,8-9,13,15H,4,7,10-11,18H2,(H2,19,20,21). The third-order valence-electron chi connectivity index (χ3n) is 4.27. The summed E-state index contributed by atoms with van der Waals surface area (Å²) in [5, 5.41) is 0. The van der Waals surface area contributed by atoms with E-state index in [-0.39, 0.29) is 17.8 Å². The molecule has 0 bridgehead atoms.